The molecule has 0 bridgehead atoms. The number of amides is 2. The zero-order valence-electron chi connectivity index (χ0n) is 24.4. The molecule has 2 aromatic heterocycles. The maximum atomic E-state index is 13.0. The predicted molar refractivity (Wildman–Crippen MR) is 167 cm³/mol. The number of ether oxygens (including phenoxy) is 1. The SMILES string of the molecule is CN(C(=O)[C@@H]1CCCN1)c1cnc(C(=O)N2CC(c3ncc(-c4ccc(CNC(O)CCN5CCOCC5)cc4)s3)C2)s1. The Morgan fingerprint density at radius 1 is 1.16 bits per heavy atom. The van der Waals surface area contributed by atoms with Crippen LogP contribution in [0.2, 0.25) is 0 Å². The quantitative estimate of drug-likeness (QED) is 0.276. The van der Waals surface area contributed by atoms with Gasteiger partial charge in [-0.05, 0) is 36.9 Å². The van der Waals surface area contributed by atoms with Crippen LogP contribution < -0.4 is 15.5 Å². The molecule has 3 fully saturated rings. The number of nitrogens with zero attached hydrogens (tertiary/aromatic N) is 5. The number of hydrogen-bond acceptors (Lipinski definition) is 11. The number of carbonyl (C=O) groups excluding carboxylic acids is 2. The van der Waals surface area contributed by atoms with Crippen LogP contribution >= 0.6 is 22.7 Å². The summed E-state index contributed by atoms with van der Waals surface area (Å²) < 4.78 is 5.38. The highest BCUT2D eigenvalue weighted by molar-refractivity contribution is 7.17. The molecule has 5 heterocycles. The summed E-state index contributed by atoms with van der Waals surface area (Å²) in [6.07, 6.45) is 5.51. The molecule has 11 nitrogen and oxygen atoms in total. The lowest BCUT2D eigenvalue weighted by molar-refractivity contribution is -0.119. The number of benzene rings is 1. The summed E-state index contributed by atoms with van der Waals surface area (Å²) in [6, 6.07) is 8.19. The van der Waals surface area contributed by atoms with Crippen LogP contribution in [0, 0.1) is 0 Å². The molecule has 0 aliphatic carbocycles. The average Bonchev–Trinajstić information content (AvgIpc) is 3.81. The Balaban J connectivity index is 0.954. The molecule has 2 amide bonds. The molecule has 230 valence electrons. The van der Waals surface area contributed by atoms with Crippen LogP contribution in [0.15, 0.2) is 36.7 Å². The fraction of sp³-hybridized carbons (Fsp3) is 0.533. The number of likely N-dealkylation sites (tertiary alicyclic amines) is 1. The number of carbonyl (C=O) groups is 2. The lowest BCUT2D eigenvalue weighted by atomic mass is 10.0. The predicted octanol–water partition coefficient (Wildman–Crippen LogP) is 2.35. The van der Waals surface area contributed by atoms with Gasteiger partial charge >= 0.3 is 0 Å². The molecule has 0 spiro atoms. The molecule has 3 aliphatic rings. The number of rotatable bonds is 11. The van der Waals surface area contributed by atoms with Gasteiger partial charge in [0.05, 0.1) is 35.3 Å². The van der Waals surface area contributed by atoms with E-state index in [4.69, 9.17) is 4.74 Å². The van der Waals surface area contributed by atoms with Crippen molar-refractivity contribution in [1.82, 2.24) is 30.4 Å². The van der Waals surface area contributed by atoms with Gasteiger partial charge in [0, 0.05) is 58.4 Å². The monoisotopic (exact) mass is 625 g/mol. The lowest BCUT2D eigenvalue weighted by Gasteiger charge is -2.37. The van der Waals surface area contributed by atoms with Crippen LogP contribution in [-0.2, 0) is 16.1 Å². The van der Waals surface area contributed by atoms with Crippen LogP contribution in [0.1, 0.15) is 45.6 Å². The Hall–Kier alpha value is -2.78. The molecule has 43 heavy (non-hydrogen) atoms. The van der Waals surface area contributed by atoms with Gasteiger partial charge < -0.3 is 25.0 Å². The Labute approximate surface area is 259 Å². The van der Waals surface area contributed by atoms with E-state index in [1.807, 2.05) is 6.20 Å². The van der Waals surface area contributed by atoms with E-state index in [1.54, 1.807) is 34.4 Å². The van der Waals surface area contributed by atoms with Gasteiger partial charge in [-0.25, -0.2) is 9.97 Å². The van der Waals surface area contributed by atoms with E-state index < -0.39 is 6.23 Å². The summed E-state index contributed by atoms with van der Waals surface area (Å²) in [6.45, 7) is 6.95. The van der Waals surface area contributed by atoms with E-state index in [1.165, 1.54) is 11.3 Å². The zero-order chi connectivity index (χ0) is 29.8. The topological polar surface area (TPSA) is 123 Å². The first-order chi connectivity index (χ1) is 20.9. The summed E-state index contributed by atoms with van der Waals surface area (Å²) in [7, 11) is 1.74. The van der Waals surface area contributed by atoms with Crippen molar-refractivity contribution < 1.29 is 19.4 Å². The van der Waals surface area contributed by atoms with E-state index in [-0.39, 0.29) is 23.8 Å². The Bertz CT molecular complexity index is 1380. The first-order valence-corrected chi connectivity index (χ1v) is 16.6. The second-order valence-corrected chi connectivity index (χ2v) is 13.4. The molecular formula is C30H39N7O4S2. The highest BCUT2D eigenvalue weighted by Crippen LogP contribution is 2.36. The number of hydrogen-bond donors (Lipinski definition) is 3. The Morgan fingerprint density at radius 2 is 1.95 bits per heavy atom. The van der Waals surface area contributed by atoms with Gasteiger partial charge in [0.2, 0.25) is 5.91 Å². The number of likely N-dealkylation sites (N-methyl/N-ethyl adjacent to an activating group) is 1. The molecule has 3 aliphatic heterocycles. The second kappa shape index (κ2) is 13.9. The van der Waals surface area contributed by atoms with E-state index in [0.29, 0.717) is 36.1 Å². The fourth-order valence-electron chi connectivity index (χ4n) is 5.56. The normalized spacial score (nSPS) is 20.2. The highest BCUT2D eigenvalue weighted by Gasteiger charge is 2.36. The molecule has 13 heteroatoms. The first kappa shape index (κ1) is 30.3. The van der Waals surface area contributed by atoms with E-state index in [9.17, 15) is 14.7 Å². The van der Waals surface area contributed by atoms with Crippen molar-refractivity contribution in [2.45, 2.75) is 44.0 Å². The third-order valence-electron chi connectivity index (χ3n) is 8.34. The van der Waals surface area contributed by atoms with Crippen molar-refractivity contribution in [3.05, 3.63) is 52.2 Å². The molecule has 3 aromatic rings. The van der Waals surface area contributed by atoms with Crippen LogP contribution in [0.5, 0.6) is 0 Å². The summed E-state index contributed by atoms with van der Waals surface area (Å²) in [5, 5.41) is 18.9. The fourth-order valence-corrected chi connectivity index (χ4v) is 7.42. The molecular weight excluding hydrogens is 587 g/mol. The minimum absolute atomic E-state index is 0.0175. The second-order valence-electron chi connectivity index (χ2n) is 11.4. The van der Waals surface area contributed by atoms with Gasteiger partial charge in [-0.1, -0.05) is 35.6 Å². The Kier molecular flexibility index (Phi) is 9.77. The molecule has 3 saturated heterocycles. The van der Waals surface area contributed by atoms with Gasteiger partial charge in [0.25, 0.3) is 5.91 Å². The number of nitrogens with one attached hydrogen (secondary N) is 2. The maximum absolute atomic E-state index is 13.0. The van der Waals surface area contributed by atoms with E-state index in [2.05, 4.69) is 49.8 Å². The standard InChI is InChI=1S/C30H39N7O4S2/c1-35(29(39)23-3-2-9-31-23)26-17-34-28(43-26)30(40)37-18-22(19-37)27-33-16-24(42-27)21-6-4-20(5-7-21)15-32-25(38)8-10-36-11-13-41-14-12-36/h4-7,16-17,22-23,25,31-32,38H,2-3,8-15,18-19H2,1H3/t23-,25?/m0/s1. The van der Waals surface area contributed by atoms with Gasteiger partial charge in [-0.3, -0.25) is 19.8 Å². The van der Waals surface area contributed by atoms with E-state index >= 15 is 0 Å². The van der Waals surface area contributed by atoms with Crippen molar-refractivity contribution in [2.75, 3.05) is 64.4 Å². The highest BCUT2D eigenvalue weighted by atomic mass is 32.1. The van der Waals surface area contributed by atoms with E-state index in [0.717, 1.165) is 73.2 Å². The molecule has 0 radical (unpaired) electrons. The van der Waals surface area contributed by atoms with Crippen LogP contribution in [0.3, 0.4) is 0 Å². The van der Waals surface area contributed by atoms with Crippen LogP contribution in [0.25, 0.3) is 10.4 Å². The number of aliphatic hydroxyl groups is 1. The van der Waals surface area contributed by atoms with Gasteiger partial charge in [0.15, 0.2) is 5.01 Å². The summed E-state index contributed by atoms with van der Waals surface area (Å²) in [5.41, 5.74) is 2.22. The summed E-state index contributed by atoms with van der Waals surface area (Å²) in [5.74, 6) is 0.130. The molecule has 0 saturated carbocycles. The summed E-state index contributed by atoms with van der Waals surface area (Å²) in [4.78, 5) is 41.5. The number of aliphatic hydroxyl groups excluding tert-OH is 1. The number of aromatic nitrogens is 2. The summed E-state index contributed by atoms with van der Waals surface area (Å²) >= 11 is 2.93. The van der Waals surface area contributed by atoms with Crippen molar-refractivity contribution in [3.8, 4) is 10.4 Å². The van der Waals surface area contributed by atoms with Crippen molar-refractivity contribution >= 4 is 39.5 Å². The van der Waals surface area contributed by atoms with Crippen LogP contribution in [0.4, 0.5) is 5.00 Å². The molecule has 3 N–H and O–H groups in total. The minimum atomic E-state index is -0.539. The largest absolute Gasteiger partial charge is 0.379 e. The Morgan fingerprint density at radius 3 is 2.70 bits per heavy atom. The average molecular weight is 626 g/mol. The minimum Gasteiger partial charge on any atom is -0.379 e. The van der Waals surface area contributed by atoms with Crippen molar-refractivity contribution in [2.24, 2.45) is 0 Å². The molecule has 1 aromatic carbocycles. The molecule has 6 rings (SSSR count). The van der Waals surface area contributed by atoms with Gasteiger partial charge in [-0.15, -0.1) is 11.3 Å². The van der Waals surface area contributed by atoms with Crippen LogP contribution in [-0.4, -0.2) is 108 Å². The smallest absolute Gasteiger partial charge is 0.282 e. The van der Waals surface area contributed by atoms with Crippen molar-refractivity contribution in [3.63, 3.8) is 0 Å². The molecule has 2 atom stereocenters. The zero-order valence-corrected chi connectivity index (χ0v) is 26.0. The van der Waals surface area contributed by atoms with Crippen molar-refractivity contribution in [1.29, 1.82) is 0 Å². The van der Waals surface area contributed by atoms with Gasteiger partial charge in [0.1, 0.15) is 11.2 Å². The number of anilines is 1. The number of morpholine rings is 1. The third-order valence-corrected chi connectivity index (χ3v) is 10.6. The molecule has 1 unspecified atom stereocenters. The first-order valence-electron chi connectivity index (χ1n) is 15.0. The van der Waals surface area contributed by atoms with Gasteiger partial charge in [-0.2, -0.15) is 0 Å². The lowest BCUT2D eigenvalue weighted by Crippen LogP contribution is -2.48. The number of thiazole rings is 2. The maximum Gasteiger partial charge on any atom is 0.282 e. The third kappa shape index (κ3) is 7.31.